The zero-order chi connectivity index (χ0) is 21.2. The van der Waals surface area contributed by atoms with Crippen LogP contribution in [0.15, 0.2) is 73.1 Å². The lowest BCUT2D eigenvalue weighted by molar-refractivity contribution is 0.102. The van der Waals surface area contributed by atoms with Crippen LogP contribution in [-0.2, 0) is 12.8 Å². The Labute approximate surface area is 178 Å². The minimum absolute atomic E-state index is 0.309. The van der Waals surface area contributed by atoms with Crippen molar-refractivity contribution in [3.63, 3.8) is 0 Å². The predicted molar refractivity (Wildman–Crippen MR) is 114 cm³/mol. The summed E-state index contributed by atoms with van der Waals surface area (Å²) in [6.07, 6.45) is 5.75. The molecule has 1 N–H and O–H groups in total. The van der Waals surface area contributed by atoms with Crippen LogP contribution in [0.25, 0.3) is 5.69 Å². The van der Waals surface area contributed by atoms with Gasteiger partial charge in [0, 0.05) is 29.3 Å². The molecule has 0 bridgehead atoms. The van der Waals surface area contributed by atoms with Crippen molar-refractivity contribution in [3.8, 4) is 17.2 Å². The summed E-state index contributed by atoms with van der Waals surface area (Å²) in [7, 11) is 0. The van der Waals surface area contributed by atoms with Gasteiger partial charge in [0.25, 0.3) is 5.91 Å². The second-order valence-electron chi connectivity index (χ2n) is 7.25. The molecule has 2 aromatic heterocycles. The van der Waals surface area contributed by atoms with Gasteiger partial charge in [-0.25, -0.2) is 9.07 Å². The van der Waals surface area contributed by atoms with E-state index in [0.29, 0.717) is 28.6 Å². The number of carbonyl (C=O) groups excluding carboxylic acids is 1. The standard InChI is InChI=1S/C24H19FN4O2/c25-20-5-1-2-6-22(20)29-21-7-3-4-19(21)23(28-29)24(30)27-16-8-10-17(11-9-16)31-18-12-14-26-15-13-18/h1-2,5-6,8-15H,3-4,7H2,(H,27,30). The topological polar surface area (TPSA) is 69.0 Å². The Hall–Kier alpha value is -4.00. The van der Waals surface area contributed by atoms with Crippen LogP contribution in [0.1, 0.15) is 28.2 Å². The van der Waals surface area contributed by atoms with Crippen LogP contribution in [0.2, 0.25) is 0 Å². The summed E-state index contributed by atoms with van der Waals surface area (Å²) in [4.78, 5) is 16.9. The third-order valence-electron chi connectivity index (χ3n) is 5.22. The van der Waals surface area contributed by atoms with Crippen molar-refractivity contribution in [2.45, 2.75) is 19.3 Å². The highest BCUT2D eigenvalue weighted by Crippen LogP contribution is 2.29. The van der Waals surface area contributed by atoms with Gasteiger partial charge in [0.15, 0.2) is 5.69 Å². The molecular weight excluding hydrogens is 395 g/mol. The summed E-state index contributed by atoms with van der Waals surface area (Å²) in [5.74, 6) is 0.655. The van der Waals surface area contributed by atoms with Crippen molar-refractivity contribution in [2.75, 3.05) is 5.32 Å². The summed E-state index contributed by atoms with van der Waals surface area (Å²) in [6.45, 7) is 0. The monoisotopic (exact) mass is 414 g/mol. The van der Waals surface area contributed by atoms with Crippen molar-refractivity contribution >= 4 is 11.6 Å². The van der Waals surface area contributed by atoms with Crippen LogP contribution in [0, 0.1) is 5.82 Å². The lowest BCUT2D eigenvalue weighted by Crippen LogP contribution is -2.15. The van der Waals surface area contributed by atoms with Gasteiger partial charge in [-0.15, -0.1) is 0 Å². The van der Waals surface area contributed by atoms with Crippen molar-refractivity contribution in [3.05, 3.63) is 95.8 Å². The molecule has 0 spiro atoms. The number of benzene rings is 2. The highest BCUT2D eigenvalue weighted by molar-refractivity contribution is 6.04. The Morgan fingerprint density at radius 3 is 2.48 bits per heavy atom. The van der Waals surface area contributed by atoms with E-state index in [2.05, 4.69) is 15.4 Å². The molecule has 7 heteroatoms. The van der Waals surface area contributed by atoms with Gasteiger partial charge in [-0.1, -0.05) is 12.1 Å². The van der Waals surface area contributed by atoms with Gasteiger partial charge in [-0.05, 0) is 67.8 Å². The SMILES string of the molecule is O=C(Nc1ccc(Oc2ccncc2)cc1)c1nn(-c2ccccc2F)c2c1CCC2. The second-order valence-corrected chi connectivity index (χ2v) is 7.25. The second kappa shape index (κ2) is 8.02. The first-order chi connectivity index (χ1) is 15.2. The van der Waals surface area contributed by atoms with Crippen LogP contribution in [-0.4, -0.2) is 20.7 Å². The van der Waals surface area contributed by atoms with Gasteiger partial charge in [0.2, 0.25) is 0 Å². The third-order valence-corrected chi connectivity index (χ3v) is 5.22. The van der Waals surface area contributed by atoms with Crippen molar-refractivity contribution in [2.24, 2.45) is 0 Å². The van der Waals surface area contributed by atoms with Crippen molar-refractivity contribution < 1.29 is 13.9 Å². The predicted octanol–water partition coefficient (Wildman–Crippen LogP) is 4.94. The van der Waals surface area contributed by atoms with Crippen LogP contribution >= 0.6 is 0 Å². The van der Waals surface area contributed by atoms with E-state index >= 15 is 0 Å². The number of nitrogens with zero attached hydrogens (tertiary/aromatic N) is 3. The molecule has 2 aromatic carbocycles. The molecule has 1 amide bonds. The van der Waals surface area contributed by atoms with E-state index in [-0.39, 0.29) is 11.7 Å². The number of fused-ring (bicyclic) bond motifs is 1. The van der Waals surface area contributed by atoms with Gasteiger partial charge in [0.05, 0.1) is 0 Å². The lowest BCUT2D eigenvalue weighted by Gasteiger charge is -2.08. The van der Waals surface area contributed by atoms with Crippen LogP contribution in [0.3, 0.4) is 0 Å². The fraction of sp³-hybridized carbons (Fsp3) is 0.125. The molecule has 0 saturated heterocycles. The maximum Gasteiger partial charge on any atom is 0.276 e. The largest absolute Gasteiger partial charge is 0.457 e. The fourth-order valence-corrected chi connectivity index (χ4v) is 3.78. The maximum absolute atomic E-state index is 14.3. The van der Waals surface area contributed by atoms with Crippen LogP contribution < -0.4 is 10.1 Å². The Morgan fingerprint density at radius 1 is 0.968 bits per heavy atom. The van der Waals surface area contributed by atoms with Gasteiger partial charge in [-0.3, -0.25) is 9.78 Å². The maximum atomic E-state index is 14.3. The minimum Gasteiger partial charge on any atom is -0.457 e. The van der Waals surface area contributed by atoms with E-state index in [4.69, 9.17) is 4.74 Å². The van der Waals surface area contributed by atoms with Gasteiger partial charge in [0.1, 0.15) is 23.0 Å². The van der Waals surface area contributed by atoms with E-state index in [0.717, 1.165) is 30.5 Å². The number of amides is 1. The molecule has 0 saturated carbocycles. The average Bonchev–Trinajstić information content (AvgIpc) is 3.39. The van der Waals surface area contributed by atoms with E-state index in [1.54, 1.807) is 71.7 Å². The first kappa shape index (κ1) is 19.0. The molecule has 154 valence electrons. The number of pyridine rings is 1. The van der Waals surface area contributed by atoms with E-state index in [9.17, 15) is 9.18 Å². The van der Waals surface area contributed by atoms with E-state index in [1.165, 1.54) is 6.07 Å². The minimum atomic E-state index is -0.364. The number of halogens is 1. The number of hydrogen-bond acceptors (Lipinski definition) is 4. The zero-order valence-corrected chi connectivity index (χ0v) is 16.6. The number of para-hydroxylation sites is 1. The van der Waals surface area contributed by atoms with Gasteiger partial charge in [-0.2, -0.15) is 5.10 Å². The lowest BCUT2D eigenvalue weighted by atomic mass is 10.2. The molecule has 31 heavy (non-hydrogen) atoms. The molecular formula is C24H19FN4O2. The molecule has 1 aliphatic carbocycles. The highest BCUT2D eigenvalue weighted by atomic mass is 19.1. The molecule has 2 heterocycles. The number of aromatic nitrogens is 3. The Morgan fingerprint density at radius 2 is 1.71 bits per heavy atom. The molecule has 6 nitrogen and oxygen atoms in total. The first-order valence-electron chi connectivity index (χ1n) is 10.0. The fourth-order valence-electron chi connectivity index (χ4n) is 3.78. The normalized spacial score (nSPS) is 12.4. The summed E-state index contributed by atoms with van der Waals surface area (Å²) < 4.78 is 21.6. The number of hydrogen-bond donors (Lipinski definition) is 1. The highest BCUT2D eigenvalue weighted by Gasteiger charge is 2.27. The molecule has 0 fully saturated rings. The Balaban J connectivity index is 1.36. The van der Waals surface area contributed by atoms with Crippen molar-refractivity contribution in [1.82, 2.24) is 14.8 Å². The summed E-state index contributed by atoms with van der Waals surface area (Å²) in [5, 5.41) is 7.35. The summed E-state index contributed by atoms with van der Waals surface area (Å²) in [5.41, 5.74) is 3.11. The van der Waals surface area contributed by atoms with Gasteiger partial charge < -0.3 is 10.1 Å². The van der Waals surface area contributed by atoms with Gasteiger partial charge >= 0.3 is 0 Å². The molecule has 0 unspecified atom stereocenters. The Bertz CT molecular complexity index is 1240. The Kier molecular flexibility index (Phi) is 4.92. The number of anilines is 1. The number of ether oxygens (including phenoxy) is 1. The quantitative estimate of drug-likeness (QED) is 0.502. The van der Waals surface area contributed by atoms with Crippen LogP contribution in [0.5, 0.6) is 11.5 Å². The average molecular weight is 414 g/mol. The smallest absolute Gasteiger partial charge is 0.276 e. The first-order valence-corrected chi connectivity index (χ1v) is 10.0. The molecule has 4 aromatic rings. The molecule has 1 aliphatic rings. The molecule has 0 radical (unpaired) electrons. The number of rotatable bonds is 5. The van der Waals surface area contributed by atoms with E-state index in [1.807, 2.05) is 0 Å². The summed E-state index contributed by atoms with van der Waals surface area (Å²) in [6, 6.07) is 17.1. The van der Waals surface area contributed by atoms with Crippen LogP contribution in [0.4, 0.5) is 10.1 Å². The summed E-state index contributed by atoms with van der Waals surface area (Å²) >= 11 is 0. The van der Waals surface area contributed by atoms with Crippen molar-refractivity contribution in [1.29, 1.82) is 0 Å². The number of nitrogens with one attached hydrogen (secondary N) is 1. The molecule has 5 rings (SSSR count). The molecule has 0 atom stereocenters. The third kappa shape index (κ3) is 3.77. The molecule has 0 aliphatic heterocycles. The number of carbonyl (C=O) groups is 1. The van der Waals surface area contributed by atoms with E-state index < -0.39 is 0 Å². The zero-order valence-electron chi connectivity index (χ0n) is 16.6.